The number of hydrogen-bond acceptors (Lipinski definition) is 19. The fourth-order valence-corrected chi connectivity index (χ4v) is 5.73. The van der Waals surface area contributed by atoms with E-state index in [-0.39, 0.29) is 16.9 Å². The van der Waals surface area contributed by atoms with Gasteiger partial charge in [0.25, 0.3) is 0 Å². The third-order valence-electron chi connectivity index (χ3n) is 8.60. The Hall–Kier alpha value is -4.77. The quantitative estimate of drug-likeness (QED) is 0.0693. The van der Waals surface area contributed by atoms with Crippen LogP contribution in [0.3, 0.4) is 0 Å². The number of fused-ring (bicyclic) bond motifs is 1. The molecule has 0 saturated carbocycles. The monoisotopic (exact) mass is 754 g/mol. The van der Waals surface area contributed by atoms with Gasteiger partial charge in [0.1, 0.15) is 59.1 Å². The normalized spacial score (nSPS) is 28.3. The van der Waals surface area contributed by atoms with Crippen LogP contribution in [-0.4, -0.2) is 144 Å². The highest BCUT2D eigenvalue weighted by atomic mass is 16.8. The molecular weight excluding hydrogens is 716 g/mol. The summed E-state index contributed by atoms with van der Waals surface area (Å²) < 4.78 is 39.0. The Morgan fingerprint density at radius 3 is 2.34 bits per heavy atom. The topological polar surface area (TPSA) is 322 Å². The van der Waals surface area contributed by atoms with E-state index in [1.807, 2.05) is 0 Å². The number of benzene rings is 2. The van der Waals surface area contributed by atoms with E-state index < -0.39 is 138 Å². The Labute approximate surface area is 298 Å². The van der Waals surface area contributed by atoms with Crippen LogP contribution in [0.2, 0.25) is 0 Å². The fraction of sp³-hybridized carbons (Fsp3) is 0.485. The Bertz CT molecular complexity index is 1890. The number of aliphatic hydroxyl groups is 6. The van der Waals surface area contributed by atoms with Gasteiger partial charge in [-0.15, -0.1) is 0 Å². The molecule has 2 saturated heterocycles. The second-order valence-corrected chi connectivity index (χ2v) is 12.9. The first kappa shape index (κ1) is 39.4. The average Bonchev–Trinajstić information content (AvgIpc) is 3.37. The first-order valence-electron chi connectivity index (χ1n) is 15.8. The third kappa shape index (κ3) is 8.25. The maximum atomic E-state index is 14.1. The number of methoxy groups -OCH3 is 1. The predicted molar refractivity (Wildman–Crippen MR) is 172 cm³/mol. The number of aromatic hydroxyl groups is 3. The van der Waals surface area contributed by atoms with Crippen molar-refractivity contribution in [1.82, 2.24) is 0 Å². The number of aliphatic hydroxyl groups excluding tert-OH is 4. The number of ether oxygens (including phenoxy) is 6. The fourth-order valence-electron chi connectivity index (χ4n) is 5.73. The number of rotatable bonds is 13. The van der Waals surface area contributed by atoms with Crippen LogP contribution in [0.1, 0.15) is 19.8 Å². The van der Waals surface area contributed by atoms with E-state index in [1.54, 1.807) is 0 Å². The zero-order valence-corrected chi connectivity index (χ0v) is 28.0. The number of esters is 1. The van der Waals surface area contributed by atoms with E-state index in [2.05, 4.69) is 0 Å². The van der Waals surface area contributed by atoms with Crippen molar-refractivity contribution >= 4 is 22.9 Å². The number of carboxylic acid groups (broad SMARTS) is 1. The first-order valence-corrected chi connectivity index (χ1v) is 15.8. The molecule has 1 aromatic heterocycles. The van der Waals surface area contributed by atoms with Gasteiger partial charge in [-0.05, 0) is 25.1 Å². The molecule has 0 bridgehead atoms. The summed E-state index contributed by atoms with van der Waals surface area (Å²) in [7, 11) is 1.29. The van der Waals surface area contributed by atoms with Crippen LogP contribution in [-0.2, 0) is 28.5 Å². The van der Waals surface area contributed by atoms with Crippen molar-refractivity contribution < 1.29 is 93.5 Å². The predicted octanol–water partition coefficient (Wildman–Crippen LogP) is -1.60. The minimum atomic E-state index is -2.20. The van der Waals surface area contributed by atoms with Gasteiger partial charge in [-0.3, -0.25) is 14.4 Å². The molecule has 0 amide bonds. The molecule has 20 heteroatoms. The maximum Gasteiger partial charge on any atom is 0.308 e. The summed E-state index contributed by atoms with van der Waals surface area (Å²) >= 11 is 0. The van der Waals surface area contributed by atoms with Crippen LogP contribution in [0.25, 0.3) is 22.3 Å². The van der Waals surface area contributed by atoms with Gasteiger partial charge in [-0.25, -0.2) is 0 Å². The minimum absolute atomic E-state index is 0.0762. The van der Waals surface area contributed by atoms with E-state index in [4.69, 9.17) is 37.9 Å². The van der Waals surface area contributed by atoms with Gasteiger partial charge in [-0.2, -0.15) is 0 Å². The number of aliphatic carboxylic acids is 1. The number of carbonyl (C=O) groups excluding carboxylic acids is 1. The van der Waals surface area contributed by atoms with Gasteiger partial charge in [-0.1, -0.05) is 0 Å². The largest absolute Gasteiger partial charge is 0.507 e. The molecule has 10 N–H and O–H groups in total. The molecule has 20 nitrogen and oxygen atoms in total. The lowest BCUT2D eigenvalue weighted by molar-refractivity contribution is -0.319. The van der Waals surface area contributed by atoms with E-state index in [9.17, 15) is 60.3 Å². The van der Waals surface area contributed by atoms with Crippen LogP contribution < -0.4 is 14.9 Å². The maximum absolute atomic E-state index is 14.1. The summed E-state index contributed by atoms with van der Waals surface area (Å²) in [5.74, 6) is -5.46. The van der Waals surface area contributed by atoms with E-state index in [1.165, 1.54) is 19.2 Å². The summed E-state index contributed by atoms with van der Waals surface area (Å²) in [5, 5.41) is 103. The van der Waals surface area contributed by atoms with Gasteiger partial charge in [0.05, 0.1) is 38.8 Å². The number of phenols is 3. The highest BCUT2D eigenvalue weighted by Gasteiger charge is 2.54. The highest BCUT2D eigenvalue weighted by molar-refractivity contribution is 5.88. The van der Waals surface area contributed by atoms with Gasteiger partial charge >= 0.3 is 11.9 Å². The second-order valence-electron chi connectivity index (χ2n) is 12.9. The Morgan fingerprint density at radius 2 is 1.72 bits per heavy atom. The molecule has 2 aliphatic heterocycles. The number of carboxylic acids is 1. The molecule has 2 aliphatic rings. The SMILES string of the molecule is COc1cc(O)c2c(=O)c(O[C@@H]3O[C@H](COC(=O)C[C@@](C)(O)CC(=O)O)[C@H](O)[C@H](O)[C@H]3O[C@@H]3OC[C@](O)(CO)[C@H]3O)c(-c3ccc(O)c(O)c3)oc2c1. The molecule has 0 unspecified atom stereocenters. The summed E-state index contributed by atoms with van der Waals surface area (Å²) in [4.78, 5) is 37.6. The molecule has 3 aromatic rings. The van der Waals surface area contributed by atoms with E-state index >= 15 is 0 Å². The smallest absolute Gasteiger partial charge is 0.308 e. The lowest BCUT2D eigenvalue weighted by Crippen LogP contribution is -2.62. The van der Waals surface area contributed by atoms with Gasteiger partial charge in [0, 0.05) is 17.7 Å². The molecule has 5 rings (SSSR count). The Morgan fingerprint density at radius 1 is 1.00 bits per heavy atom. The number of carbonyl (C=O) groups is 2. The third-order valence-corrected chi connectivity index (χ3v) is 8.60. The second kappa shape index (κ2) is 15.3. The zero-order chi connectivity index (χ0) is 39.0. The number of phenolic OH excluding ortho intramolecular Hbond substituents is 3. The first-order chi connectivity index (χ1) is 24.9. The molecule has 2 aromatic carbocycles. The van der Waals surface area contributed by atoms with Crippen molar-refractivity contribution in [2.75, 3.05) is 26.9 Å². The van der Waals surface area contributed by atoms with Crippen LogP contribution in [0.4, 0.5) is 0 Å². The summed E-state index contributed by atoms with van der Waals surface area (Å²) in [6.07, 6.45) is -15.0. The molecule has 0 aliphatic carbocycles. The standard InChI is InChI=1S/C33H38O20/c1-32(45,8-20(38)39)9-21(40)48-10-19-23(41)25(43)28(53-31-29(44)33(46,11-34)12-49-31)30(51-19)52-27-24(42)22-17(37)6-14(47-2)7-18(22)50-26(27)13-3-4-15(35)16(36)5-13/h3-7,19,23,25,28-31,34-37,41,43-46H,8-12H2,1-2H3,(H,38,39)/t19-,23+,25+,28-,29+,30+,31+,32+,33-/m1/s1. The summed E-state index contributed by atoms with van der Waals surface area (Å²) in [5.41, 5.74) is -5.59. The van der Waals surface area contributed by atoms with Crippen molar-refractivity contribution in [3.63, 3.8) is 0 Å². The van der Waals surface area contributed by atoms with Crippen molar-refractivity contribution in [2.24, 2.45) is 0 Å². The molecule has 0 radical (unpaired) electrons. The minimum Gasteiger partial charge on any atom is -0.507 e. The van der Waals surface area contributed by atoms with Crippen molar-refractivity contribution in [3.8, 4) is 40.1 Å². The lowest BCUT2D eigenvalue weighted by atomic mass is 9.97. The van der Waals surface area contributed by atoms with Crippen molar-refractivity contribution in [3.05, 3.63) is 40.6 Å². The van der Waals surface area contributed by atoms with E-state index in [0.29, 0.717) is 0 Å². The van der Waals surface area contributed by atoms with E-state index in [0.717, 1.165) is 25.1 Å². The molecule has 0 spiro atoms. The zero-order valence-electron chi connectivity index (χ0n) is 28.0. The van der Waals surface area contributed by atoms with Crippen LogP contribution in [0.5, 0.6) is 28.7 Å². The van der Waals surface area contributed by atoms with Gasteiger partial charge in [0.15, 0.2) is 29.7 Å². The summed E-state index contributed by atoms with van der Waals surface area (Å²) in [6, 6.07) is 5.63. The highest BCUT2D eigenvalue weighted by Crippen LogP contribution is 2.40. The molecule has 2 fully saturated rings. The molecule has 3 heterocycles. The van der Waals surface area contributed by atoms with Crippen LogP contribution in [0.15, 0.2) is 39.5 Å². The lowest BCUT2D eigenvalue weighted by Gasteiger charge is -2.42. The Kier molecular flexibility index (Phi) is 11.4. The summed E-state index contributed by atoms with van der Waals surface area (Å²) in [6.45, 7) is -1.37. The Balaban J connectivity index is 1.56. The van der Waals surface area contributed by atoms with Crippen LogP contribution in [0, 0.1) is 0 Å². The number of hydrogen-bond donors (Lipinski definition) is 10. The van der Waals surface area contributed by atoms with Gasteiger partial charge in [0.2, 0.25) is 17.5 Å². The van der Waals surface area contributed by atoms with Crippen molar-refractivity contribution in [1.29, 1.82) is 0 Å². The molecule has 9 atom stereocenters. The van der Waals surface area contributed by atoms with Gasteiger partial charge < -0.3 is 83.9 Å². The van der Waals surface area contributed by atoms with Crippen molar-refractivity contribution in [2.45, 2.75) is 74.1 Å². The molecule has 290 valence electrons. The average molecular weight is 755 g/mol. The molecular formula is C33H38O20. The molecule has 53 heavy (non-hydrogen) atoms. The van der Waals surface area contributed by atoms with Crippen LogP contribution >= 0.6 is 0 Å².